The summed E-state index contributed by atoms with van der Waals surface area (Å²) in [6.07, 6.45) is -4.44. The minimum absolute atomic E-state index is 0.373. The smallest absolute Gasteiger partial charge is 0.354 e. The van der Waals surface area contributed by atoms with Gasteiger partial charge in [-0.3, -0.25) is 0 Å². The number of nitrogens with zero attached hydrogens (tertiary/aromatic N) is 3. The highest BCUT2D eigenvalue weighted by atomic mass is 19.4. The second-order valence-corrected chi connectivity index (χ2v) is 4.46. The number of hydrogen-bond acceptors (Lipinski definition) is 4. The maximum atomic E-state index is 12.4. The first-order valence-corrected chi connectivity index (χ1v) is 6.23. The van der Waals surface area contributed by atoms with Crippen LogP contribution in [0.1, 0.15) is 26.5 Å². The Morgan fingerprint density at radius 3 is 2.37 bits per heavy atom. The van der Waals surface area contributed by atoms with E-state index in [2.05, 4.69) is 15.5 Å². The van der Waals surface area contributed by atoms with Crippen molar-refractivity contribution >= 4 is 5.82 Å². The van der Waals surface area contributed by atoms with Crippen molar-refractivity contribution in [3.05, 3.63) is 17.8 Å². The van der Waals surface area contributed by atoms with Crippen LogP contribution in [0.25, 0.3) is 0 Å². The summed E-state index contributed by atoms with van der Waals surface area (Å²) >= 11 is 0. The van der Waals surface area contributed by atoms with Crippen molar-refractivity contribution in [2.24, 2.45) is 0 Å². The minimum Gasteiger partial charge on any atom is -0.354 e. The van der Waals surface area contributed by atoms with Gasteiger partial charge in [0.25, 0.3) is 0 Å². The van der Waals surface area contributed by atoms with Gasteiger partial charge in [-0.1, -0.05) is 13.8 Å². The maximum absolute atomic E-state index is 12.4. The largest absolute Gasteiger partial charge is 0.435 e. The van der Waals surface area contributed by atoms with Gasteiger partial charge in [0.1, 0.15) is 0 Å². The lowest BCUT2D eigenvalue weighted by Gasteiger charge is -2.22. The molecule has 0 saturated carbocycles. The van der Waals surface area contributed by atoms with Crippen molar-refractivity contribution < 1.29 is 13.2 Å². The van der Waals surface area contributed by atoms with Crippen molar-refractivity contribution in [3.8, 4) is 0 Å². The quantitative estimate of drug-likeness (QED) is 0.865. The molecule has 1 aromatic rings. The lowest BCUT2D eigenvalue weighted by Crippen LogP contribution is -2.35. The van der Waals surface area contributed by atoms with Crippen LogP contribution in [0, 0.1) is 0 Å². The van der Waals surface area contributed by atoms with Gasteiger partial charge in [-0.25, -0.2) is 0 Å². The van der Waals surface area contributed by atoms with Crippen molar-refractivity contribution in [2.75, 3.05) is 24.5 Å². The van der Waals surface area contributed by atoms with E-state index in [4.69, 9.17) is 0 Å². The summed E-state index contributed by atoms with van der Waals surface area (Å²) in [5.41, 5.74) is -0.965. The van der Waals surface area contributed by atoms with Crippen LogP contribution in [0.5, 0.6) is 0 Å². The molecule has 0 aliphatic rings. The molecule has 0 aliphatic heterocycles. The van der Waals surface area contributed by atoms with Crippen LogP contribution in [0.3, 0.4) is 0 Å². The van der Waals surface area contributed by atoms with Gasteiger partial charge in [-0.2, -0.15) is 13.2 Å². The van der Waals surface area contributed by atoms with Crippen LogP contribution >= 0.6 is 0 Å². The standard InChI is InChI=1S/C12H19F3N4/c1-4-19(8-7-16-9(2)3)11-6-5-10(17-18-11)12(13,14)15/h5-6,9,16H,4,7-8H2,1-3H3. The molecule has 19 heavy (non-hydrogen) atoms. The number of halogens is 3. The third kappa shape index (κ3) is 5.02. The molecule has 1 aromatic heterocycles. The molecule has 108 valence electrons. The predicted molar refractivity (Wildman–Crippen MR) is 68.1 cm³/mol. The summed E-state index contributed by atoms with van der Waals surface area (Å²) in [6, 6.07) is 2.69. The number of nitrogens with one attached hydrogen (secondary N) is 1. The van der Waals surface area contributed by atoms with E-state index in [0.717, 1.165) is 12.6 Å². The van der Waals surface area contributed by atoms with E-state index in [1.54, 1.807) is 0 Å². The topological polar surface area (TPSA) is 41.0 Å². The van der Waals surface area contributed by atoms with Gasteiger partial charge in [0.15, 0.2) is 11.5 Å². The average Bonchev–Trinajstić information content (AvgIpc) is 2.33. The Morgan fingerprint density at radius 1 is 1.26 bits per heavy atom. The fraction of sp³-hybridized carbons (Fsp3) is 0.667. The molecular formula is C12H19F3N4. The molecule has 1 rings (SSSR count). The van der Waals surface area contributed by atoms with Crippen molar-refractivity contribution in [1.29, 1.82) is 0 Å². The van der Waals surface area contributed by atoms with Crippen LogP contribution in [-0.4, -0.2) is 35.9 Å². The molecule has 0 aliphatic carbocycles. The van der Waals surface area contributed by atoms with Crippen LogP contribution in [0.2, 0.25) is 0 Å². The Hall–Kier alpha value is -1.37. The zero-order chi connectivity index (χ0) is 14.5. The van der Waals surface area contributed by atoms with Crippen molar-refractivity contribution in [2.45, 2.75) is 33.0 Å². The second kappa shape index (κ2) is 6.70. The Morgan fingerprint density at radius 2 is 1.95 bits per heavy atom. The number of hydrogen-bond donors (Lipinski definition) is 1. The first-order chi connectivity index (χ1) is 8.84. The number of anilines is 1. The molecule has 1 N–H and O–H groups in total. The SMILES string of the molecule is CCN(CCNC(C)C)c1ccc(C(F)(F)F)nn1. The van der Waals surface area contributed by atoms with E-state index in [1.165, 1.54) is 6.07 Å². The summed E-state index contributed by atoms with van der Waals surface area (Å²) < 4.78 is 37.1. The number of aromatic nitrogens is 2. The van der Waals surface area contributed by atoms with E-state index in [9.17, 15) is 13.2 Å². The Balaban J connectivity index is 2.66. The summed E-state index contributed by atoms with van der Waals surface area (Å²) in [6.45, 7) is 8.08. The van der Waals surface area contributed by atoms with Crippen LogP contribution in [-0.2, 0) is 6.18 Å². The molecule has 0 radical (unpaired) electrons. The third-order valence-electron chi connectivity index (χ3n) is 2.58. The van der Waals surface area contributed by atoms with Crippen LogP contribution < -0.4 is 10.2 Å². The van der Waals surface area contributed by atoms with Gasteiger partial charge in [-0.15, -0.1) is 10.2 Å². The highest BCUT2D eigenvalue weighted by Crippen LogP contribution is 2.27. The van der Waals surface area contributed by atoms with Crippen LogP contribution in [0.15, 0.2) is 12.1 Å². The minimum atomic E-state index is -4.44. The van der Waals surface area contributed by atoms with Gasteiger partial charge in [0.2, 0.25) is 0 Å². The Kier molecular flexibility index (Phi) is 5.53. The highest BCUT2D eigenvalue weighted by Gasteiger charge is 2.33. The van der Waals surface area contributed by atoms with E-state index in [0.29, 0.717) is 24.9 Å². The van der Waals surface area contributed by atoms with E-state index in [1.807, 2.05) is 25.7 Å². The zero-order valence-electron chi connectivity index (χ0n) is 11.3. The molecule has 4 nitrogen and oxygen atoms in total. The fourth-order valence-corrected chi connectivity index (χ4v) is 1.57. The highest BCUT2D eigenvalue weighted by molar-refractivity contribution is 5.37. The first-order valence-electron chi connectivity index (χ1n) is 6.23. The monoisotopic (exact) mass is 276 g/mol. The van der Waals surface area contributed by atoms with Crippen LogP contribution in [0.4, 0.5) is 19.0 Å². The summed E-state index contributed by atoms with van der Waals surface area (Å²) in [5.74, 6) is 0.459. The maximum Gasteiger partial charge on any atom is 0.435 e. The third-order valence-corrected chi connectivity index (χ3v) is 2.58. The van der Waals surface area contributed by atoms with Gasteiger partial charge in [0.05, 0.1) is 0 Å². The van der Waals surface area contributed by atoms with Gasteiger partial charge in [0, 0.05) is 25.7 Å². The van der Waals surface area contributed by atoms with E-state index < -0.39 is 11.9 Å². The molecule has 0 spiro atoms. The number of likely N-dealkylation sites (N-methyl/N-ethyl adjacent to an activating group) is 1. The molecule has 0 amide bonds. The normalized spacial score (nSPS) is 11.9. The summed E-state index contributed by atoms with van der Waals surface area (Å²) in [4.78, 5) is 1.88. The van der Waals surface area contributed by atoms with Crippen molar-refractivity contribution in [1.82, 2.24) is 15.5 Å². The van der Waals surface area contributed by atoms with Gasteiger partial charge >= 0.3 is 6.18 Å². The number of rotatable bonds is 6. The Bertz CT molecular complexity index is 376. The Labute approximate surface area is 111 Å². The molecular weight excluding hydrogens is 257 g/mol. The van der Waals surface area contributed by atoms with Gasteiger partial charge < -0.3 is 10.2 Å². The zero-order valence-corrected chi connectivity index (χ0v) is 11.3. The van der Waals surface area contributed by atoms with E-state index >= 15 is 0 Å². The first kappa shape index (κ1) is 15.7. The fourth-order valence-electron chi connectivity index (χ4n) is 1.57. The molecule has 1 heterocycles. The predicted octanol–water partition coefficient (Wildman–Crippen LogP) is 2.32. The molecule has 0 fully saturated rings. The lowest BCUT2D eigenvalue weighted by molar-refractivity contribution is -0.141. The number of alkyl halides is 3. The average molecular weight is 276 g/mol. The molecule has 0 bridgehead atoms. The molecule has 0 atom stereocenters. The summed E-state index contributed by atoms with van der Waals surface area (Å²) in [5, 5.41) is 10.1. The summed E-state index contributed by atoms with van der Waals surface area (Å²) in [7, 11) is 0. The lowest BCUT2D eigenvalue weighted by atomic mass is 10.3. The molecule has 0 saturated heterocycles. The molecule has 7 heteroatoms. The van der Waals surface area contributed by atoms with Gasteiger partial charge in [-0.05, 0) is 19.1 Å². The van der Waals surface area contributed by atoms with Crippen molar-refractivity contribution in [3.63, 3.8) is 0 Å². The molecule has 0 unspecified atom stereocenters. The second-order valence-electron chi connectivity index (χ2n) is 4.46. The van der Waals surface area contributed by atoms with E-state index in [-0.39, 0.29) is 0 Å². The molecule has 0 aromatic carbocycles.